The zero-order chi connectivity index (χ0) is 19.2. The predicted octanol–water partition coefficient (Wildman–Crippen LogP) is 3.78. The van der Waals surface area contributed by atoms with Crippen molar-refractivity contribution in [3.05, 3.63) is 58.1 Å². The molecule has 2 aromatic rings. The number of hydrogen-bond acceptors (Lipinski definition) is 5. The number of likely N-dealkylation sites (tertiary alicyclic amines) is 1. The topological polar surface area (TPSA) is 48.0 Å². The van der Waals surface area contributed by atoms with Gasteiger partial charge < -0.3 is 14.2 Å². The first kappa shape index (κ1) is 18.3. The summed E-state index contributed by atoms with van der Waals surface area (Å²) in [6, 6.07) is 13.8. The van der Waals surface area contributed by atoms with Crippen molar-refractivity contribution in [3.63, 3.8) is 0 Å². The summed E-state index contributed by atoms with van der Waals surface area (Å²) >= 11 is 3.55. The van der Waals surface area contributed by atoms with Gasteiger partial charge in [-0.3, -0.25) is 9.69 Å². The first-order valence-corrected chi connectivity index (χ1v) is 9.65. The molecule has 5 nitrogen and oxygen atoms in total. The van der Waals surface area contributed by atoms with Crippen LogP contribution in [0, 0.1) is 5.41 Å². The van der Waals surface area contributed by atoms with E-state index in [-0.39, 0.29) is 17.9 Å². The molecule has 1 saturated heterocycles. The zero-order valence-corrected chi connectivity index (χ0v) is 17.2. The van der Waals surface area contributed by atoms with Crippen LogP contribution in [0.4, 0.5) is 0 Å². The second-order valence-electron chi connectivity index (χ2n) is 7.17. The highest BCUT2D eigenvalue weighted by atomic mass is 79.9. The van der Waals surface area contributed by atoms with Crippen molar-refractivity contribution in [3.8, 4) is 11.5 Å². The number of esters is 1. The van der Waals surface area contributed by atoms with Gasteiger partial charge in [-0.05, 0) is 42.9 Å². The standard InChI is InChI=1S/C21H22BrNO4/c1-23-11-17(13-4-7-15(25-2)8-5-13)21(20(24)26-3)12-27-18-9-6-14(22)10-16(18)19(21)23/h4-10,17,19H,11-12H2,1-3H3/t17-,19+,21-/m0/s1. The van der Waals surface area contributed by atoms with Crippen molar-refractivity contribution in [2.45, 2.75) is 12.0 Å². The number of fused-ring (bicyclic) bond motifs is 3. The van der Waals surface area contributed by atoms with Crippen LogP contribution in [-0.4, -0.2) is 45.3 Å². The molecule has 4 rings (SSSR count). The average Bonchev–Trinajstić information content (AvgIpc) is 3.01. The Hall–Kier alpha value is -2.05. The van der Waals surface area contributed by atoms with Gasteiger partial charge in [-0.1, -0.05) is 28.1 Å². The molecule has 0 aliphatic carbocycles. The van der Waals surface area contributed by atoms with Crippen molar-refractivity contribution in [1.29, 1.82) is 0 Å². The van der Waals surface area contributed by atoms with Gasteiger partial charge in [-0.15, -0.1) is 0 Å². The van der Waals surface area contributed by atoms with Crippen LogP contribution in [0.15, 0.2) is 46.9 Å². The van der Waals surface area contributed by atoms with E-state index in [9.17, 15) is 4.79 Å². The number of methoxy groups -OCH3 is 2. The maximum atomic E-state index is 13.2. The van der Waals surface area contributed by atoms with E-state index < -0.39 is 5.41 Å². The second-order valence-corrected chi connectivity index (χ2v) is 8.09. The zero-order valence-electron chi connectivity index (χ0n) is 15.6. The van der Waals surface area contributed by atoms with Crippen LogP contribution < -0.4 is 9.47 Å². The van der Waals surface area contributed by atoms with Gasteiger partial charge in [0.1, 0.15) is 23.5 Å². The molecule has 0 saturated carbocycles. The Morgan fingerprint density at radius 2 is 1.96 bits per heavy atom. The van der Waals surface area contributed by atoms with E-state index in [0.717, 1.165) is 33.6 Å². The lowest BCUT2D eigenvalue weighted by molar-refractivity contribution is -0.159. The molecule has 6 heteroatoms. The minimum absolute atomic E-state index is 0.0435. The van der Waals surface area contributed by atoms with Crippen molar-refractivity contribution in [2.75, 3.05) is 34.4 Å². The third-order valence-corrected chi connectivity index (χ3v) is 6.33. The average molecular weight is 432 g/mol. The summed E-state index contributed by atoms with van der Waals surface area (Å²) in [4.78, 5) is 15.4. The van der Waals surface area contributed by atoms with E-state index in [0.29, 0.717) is 6.61 Å². The predicted molar refractivity (Wildman–Crippen MR) is 105 cm³/mol. The third-order valence-electron chi connectivity index (χ3n) is 5.84. The summed E-state index contributed by atoms with van der Waals surface area (Å²) in [5, 5.41) is 0. The fraction of sp³-hybridized carbons (Fsp3) is 0.381. The van der Waals surface area contributed by atoms with Crippen LogP contribution in [0.1, 0.15) is 23.1 Å². The quantitative estimate of drug-likeness (QED) is 0.691. The molecule has 0 aromatic heterocycles. The van der Waals surface area contributed by atoms with Crippen LogP contribution in [0.2, 0.25) is 0 Å². The van der Waals surface area contributed by atoms with Gasteiger partial charge in [0, 0.05) is 22.5 Å². The number of halogens is 1. The van der Waals surface area contributed by atoms with Gasteiger partial charge >= 0.3 is 5.97 Å². The van der Waals surface area contributed by atoms with E-state index in [4.69, 9.17) is 14.2 Å². The van der Waals surface area contributed by atoms with Gasteiger partial charge in [0.25, 0.3) is 0 Å². The number of carbonyl (C=O) groups is 1. The summed E-state index contributed by atoms with van der Waals surface area (Å²) < 4.78 is 17.6. The van der Waals surface area contributed by atoms with Gasteiger partial charge in [-0.2, -0.15) is 0 Å². The van der Waals surface area contributed by atoms with Crippen LogP contribution in [0.3, 0.4) is 0 Å². The normalized spacial score (nSPS) is 26.7. The molecule has 3 atom stereocenters. The summed E-state index contributed by atoms with van der Waals surface area (Å²) in [6.45, 7) is 1.03. The number of likely N-dealkylation sites (N-methyl/N-ethyl adjacent to an activating group) is 1. The van der Waals surface area contributed by atoms with Crippen LogP contribution >= 0.6 is 15.9 Å². The first-order valence-electron chi connectivity index (χ1n) is 8.86. The molecule has 0 amide bonds. The summed E-state index contributed by atoms with van der Waals surface area (Å²) in [5.74, 6) is 1.34. The Kier molecular flexibility index (Phi) is 4.64. The highest BCUT2D eigenvalue weighted by Gasteiger charge is 2.62. The van der Waals surface area contributed by atoms with Crippen LogP contribution in [0.25, 0.3) is 0 Å². The molecular weight excluding hydrogens is 410 g/mol. The van der Waals surface area contributed by atoms with E-state index >= 15 is 0 Å². The molecule has 2 heterocycles. The van der Waals surface area contributed by atoms with Crippen LogP contribution in [-0.2, 0) is 9.53 Å². The molecule has 27 heavy (non-hydrogen) atoms. The summed E-state index contributed by atoms with van der Waals surface area (Å²) in [5.41, 5.74) is 1.29. The number of carbonyl (C=O) groups excluding carboxylic acids is 1. The number of nitrogens with zero attached hydrogens (tertiary/aromatic N) is 1. The van der Waals surface area contributed by atoms with Crippen molar-refractivity contribution >= 4 is 21.9 Å². The SMILES string of the molecule is COC(=O)[C@]12COc3ccc(Br)cc3[C@H]1N(C)C[C@H]2c1ccc(OC)cc1. The smallest absolute Gasteiger partial charge is 0.317 e. The Labute approximate surface area is 167 Å². The molecule has 0 spiro atoms. The van der Waals surface area contributed by atoms with E-state index in [1.165, 1.54) is 7.11 Å². The first-order chi connectivity index (χ1) is 13.0. The van der Waals surface area contributed by atoms with Gasteiger partial charge in [0.15, 0.2) is 0 Å². The molecule has 2 aliphatic rings. The Morgan fingerprint density at radius 1 is 1.22 bits per heavy atom. The molecule has 0 radical (unpaired) electrons. The largest absolute Gasteiger partial charge is 0.497 e. The van der Waals surface area contributed by atoms with E-state index in [2.05, 4.69) is 27.9 Å². The summed E-state index contributed by atoms with van der Waals surface area (Å²) in [6.07, 6.45) is 0. The highest BCUT2D eigenvalue weighted by Crippen LogP contribution is 2.59. The fourth-order valence-electron chi connectivity index (χ4n) is 4.64. The maximum absolute atomic E-state index is 13.2. The Bertz CT molecular complexity index is 869. The van der Waals surface area contributed by atoms with Crippen molar-refractivity contribution in [2.24, 2.45) is 5.41 Å². The molecular formula is C21H22BrNO4. The fourth-order valence-corrected chi connectivity index (χ4v) is 5.02. The molecule has 1 fully saturated rings. The number of ether oxygens (including phenoxy) is 3. The summed E-state index contributed by atoms with van der Waals surface area (Å²) in [7, 11) is 5.16. The third kappa shape index (κ3) is 2.74. The van der Waals surface area contributed by atoms with Gasteiger partial charge in [0.05, 0.1) is 20.3 Å². The van der Waals surface area contributed by atoms with Crippen LogP contribution in [0.5, 0.6) is 11.5 Å². The van der Waals surface area contributed by atoms with Crippen molar-refractivity contribution in [1.82, 2.24) is 4.90 Å². The lowest BCUT2D eigenvalue weighted by Crippen LogP contribution is -2.48. The number of hydrogen-bond donors (Lipinski definition) is 0. The second kappa shape index (κ2) is 6.84. The minimum atomic E-state index is -0.800. The molecule has 0 bridgehead atoms. The molecule has 0 N–H and O–H groups in total. The Morgan fingerprint density at radius 3 is 2.63 bits per heavy atom. The van der Waals surface area contributed by atoms with Crippen molar-refractivity contribution < 1.29 is 19.0 Å². The molecule has 0 unspecified atom stereocenters. The van der Waals surface area contributed by atoms with E-state index in [1.54, 1.807) is 7.11 Å². The molecule has 2 aliphatic heterocycles. The van der Waals surface area contributed by atoms with Gasteiger partial charge in [-0.25, -0.2) is 0 Å². The lowest BCUT2D eigenvalue weighted by atomic mass is 9.68. The molecule has 142 valence electrons. The number of benzene rings is 2. The maximum Gasteiger partial charge on any atom is 0.317 e. The monoisotopic (exact) mass is 431 g/mol. The number of rotatable bonds is 3. The lowest BCUT2D eigenvalue weighted by Gasteiger charge is -2.42. The molecule has 2 aromatic carbocycles. The van der Waals surface area contributed by atoms with E-state index in [1.807, 2.05) is 42.5 Å². The Balaban J connectivity index is 1.86. The minimum Gasteiger partial charge on any atom is -0.497 e. The van der Waals surface area contributed by atoms with Gasteiger partial charge in [0.2, 0.25) is 0 Å². The highest BCUT2D eigenvalue weighted by molar-refractivity contribution is 9.10.